The minimum atomic E-state index is -0.685. The van der Waals surface area contributed by atoms with Gasteiger partial charge in [0, 0.05) is 11.1 Å². The Morgan fingerprint density at radius 1 is 1.32 bits per heavy atom. The number of para-hydroxylation sites is 1. The SMILES string of the molecule is O=C(N/N=C/c1ccccc1[N+](=O)[O-])c1cc(Cl)ccc1O. The molecule has 22 heavy (non-hydrogen) atoms. The van der Waals surface area contributed by atoms with Crippen LogP contribution < -0.4 is 5.43 Å². The Bertz CT molecular complexity index is 762. The van der Waals surface area contributed by atoms with Crippen molar-refractivity contribution in [3.8, 4) is 5.75 Å². The summed E-state index contributed by atoms with van der Waals surface area (Å²) in [4.78, 5) is 22.1. The molecule has 2 rings (SSSR count). The molecule has 8 heteroatoms. The molecule has 0 saturated carbocycles. The van der Waals surface area contributed by atoms with Crippen molar-refractivity contribution in [3.63, 3.8) is 0 Å². The zero-order valence-corrected chi connectivity index (χ0v) is 11.8. The van der Waals surface area contributed by atoms with Crippen LogP contribution in [0.3, 0.4) is 0 Å². The molecule has 7 nitrogen and oxygen atoms in total. The lowest BCUT2D eigenvalue weighted by atomic mass is 10.2. The Morgan fingerprint density at radius 2 is 2.05 bits per heavy atom. The number of phenols is 1. The van der Waals surface area contributed by atoms with Gasteiger partial charge in [-0.25, -0.2) is 5.43 Å². The molecular weight excluding hydrogens is 310 g/mol. The normalized spacial score (nSPS) is 10.6. The van der Waals surface area contributed by atoms with E-state index in [9.17, 15) is 20.0 Å². The van der Waals surface area contributed by atoms with Crippen molar-refractivity contribution in [1.29, 1.82) is 0 Å². The van der Waals surface area contributed by atoms with Gasteiger partial charge in [-0.1, -0.05) is 23.7 Å². The fourth-order valence-corrected chi connectivity index (χ4v) is 1.85. The van der Waals surface area contributed by atoms with Crippen molar-refractivity contribution in [2.45, 2.75) is 0 Å². The second-order valence-electron chi connectivity index (χ2n) is 4.18. The summed E-state index contributed by atoms with van der Waals surface area (Å²) in [6.45, 7) is 0. The van der Waals surface area contributed by atoms with E-state index in [4.69, 9.17) is 11.6 Å². The Balaban J connectivity index is 2.14. The van der Waals surface area contributed by atoms with Gasteiger partial charge in [-0.15, -0.1) is 0 Å². The van der Waals surface area contributed by atoms with Crippen molar-refractivity contribution in [2.24, 2.45) is 5.10 Å². The number of nitro benzene ring substituents is 1. The van der Waals surface area contributed by atoms with Gasteiger partial charge >= 0.3 is 0 Å². The van der Waals surface area contributed by atoms with E-state index in [1.807, 2.05) is 0 Å². The maximum Gasteiger partial charge on any atom is 0.278 e. The van der Waals surface area contributed by atoms with Crippen molar-refractivity contribution < 1.29 is 14.8 Å². The lowest BCUT2D eigenvalue weighted by Gasteiger charge is -2.03. The number of hydrogen-bond donors (Lipinski definition) is 2. The summed E-state index contributed by atoms with van der Waals surface area (Å²) < 4.78 is 0. The highest BCUT2D eigenvalue weighted by molar-refractivity contribution is 6.31. The zero-order chi connectivity index (χ0) is 16.1. The maximum absolute atomic E-state index is 11.8. The van der Waals surface area contributed by atoms with E-state index in [0.29, 0.717) is 0 Å². The van der Waals surface area contributed by atoms with Crippen molar-refractivity contribution in [2.75, 3.05) is 0 Å². The van der Waals surface area contributed by atoms with Crippen molar-refractivity contribution >= 4 is 29.4 Å². The number of rotatable bonds is 4. The topological polar surface area (TPSA) is 105 Å². The molecule has 2 aromatic carbocycles. The van der Waals surface area contributed by atoms with Gasteiger partial charge in [0.05, 0.1) is 22.3 Å². The van der Waals surface area contributed by atoms with Gasteiger partial charge in [-0.3, -0.25) is 14.9 Å². The van der Waals surface area contributed by atoms with Crippen LogP contribution in [0, 0.1) is 10.1 Å². The van der Waals surface area contributed by atoms with Gasteiger partial charge in [0.2, 0.25) is 0 Å². The van der Waals surface area contributed by atoms with E-state index in [-0.39, 0.29) is 27.6 Å². The number of phenolic OH excluding ortho intramolecular Hbond substituents is 1. The lowest BCUT2D eigenvalue weighted by molar-refractivity contribution is -0.385. The molecule has 0 aliphatic carbocycles. The predicted octanol–water partition coefficient (Wildman–Crippen LogP) is 2.72. The molecule has 1 amide bonds. The molecule has 0 aliphatic heterocycles. The van der Waals surface area contributed by atoms with E-state index in [1.54, 1.807) is 6.07 Å². The summed E-state index contributed by atoms with van der Waals surface area (Å²) in [6.07, 6.45) is 1.15. The molecule has 0 radical (unpaired) electrons. The minimum Gasteiger partial charge on any atom is -0.507 e. The number of amides is 1. The molecule has 0 aromatic heterocycles. The number of hydrogen-bond acceptors (Lipinski definition) is 5. The number of nitro groups is 1. The van der Waals surface area contributed by atoms with Crippen LogP contribution in [0.1, 0.15) is 15.9 Å². The third-order valence-corrected chi connectivity index (χ3v) is 2.94. The number of halogens is 1. The van der Waals surface area contributed by atoms with Crippen LogP contribution in [0.25, 0.3) is 0 Å². The van der Waals surface area contributed by atoms with E-state index in [0.717, 1.165) is 6.21 Å². The third kappa shape index (κ3) is 3.58. The second kappa shape index (κ2) is 6.68. The molecule has 2 aromatic rings. The van der Waals surface area contributed by atoms with E-state index < -0.39 is 10.8 Å². The van der Waals surface area contributed by atoms with Crippen molar-refractivity contribution in [3.05, 3.63) is 68.7 Å². The van der Waals surface area contributed by atoms with Gasteiger partial charge in [-0.2, -0.15) is 5.10 Å². The third-order valence-electron chi connectivity index (χ3n) is 2.71. The molecule has 0 aliphatic rings. The molecule has 0 atom stereocenters. The van der Waals surface area contributed by atoms with E-state index in [1.165, 1.54) is 36.4 Å². The molecule has 0 bridgehead atoms. The average Bonchev–Trinajstić information content (AvgIpc) is 2.50. The van der Waals surface area contributed by atoms with Crippen LogP contribution in [-0.4, -0.2) is 22.2 Å². The van der Waals surface area contributed by atoms with Crippen LogP contribution in [0.4, 0.5) is 5.69 Å². The molecule has 0 heterocycles. The molecule has 0 saturated heterocycles. The Hall–Kier alpha value is -2.93. The lowest BCUT2D eigenvalue weighted by Crippen LogP contribution is -2.17. The highest BCUT2D eigenvalue weighted by atomic mass is 35.5. The first kappa shape index (κ1) is 15.5. The second-order valence-corrected chi connectivity index (χ2v) is 4.61. The minimum absolute atomic E-state index is 0.0489. The Morgan fingerprint density at radius 3 is 2.77 bits per heavy atom. The standard InChI is InChI=1S/C14H10ClN3O4/c15-10-5-6-13(19)11(7-10)14(20)17-16-8-9-3-1-2-4-12(9)18(21)22/h1-8,19H,(H,17,20)/b16-8+. The molecule has 0 spiro atoms. The average molecular weight is 320 g/mol. The van der Waals surface area contributed by atoms with Crippen LogP contribution in [0.5, 0.6) is 5.75 Å². The first-order chi connectivity index (χ1) is 10.5. The molecule has 0 fully saturated rings. The predicted molar refractivity (Wildman–Crippen MR) is 81.3 cm³/mol. The number of nitrogens with one attached hydrogen (secondary N) is 1. The Kier molecular flexibility index (Phi) is 4.70. The molecule has 112 valence electrons. The highest BCUT2D eigenvalue weighted by Crippen LogP contribution is 2.21. The van der Waals surface area contributed by atoms with E-state index in [2.05, 4.69) is 10.5 Å². The first-order valence-electron chi connectivity index (χ1n) is 6.04. The zero-order valence-electron chi connectivity index (χ0n) is 11.1. The molecule has 2 N–H and O–H groups in total. The fraction of sp³-hybridized carbons (Fsp3) is 0. The molecule has 0 unspecified atom stereocenters. The van der Waals surface area contributed by atoms with Gasteiger partial charge in [0.25, 0.3) is 11.6 Å². The molecular formula is C14H10ClN3O4. The van der Waals surface area contributed by atoms with Crippen LogP contribution in [0.2, 0.25) is 5.02 Å². The number of carbonyl (C=O) groups is 1. The monoisotopic (exact) mass is 319 g/mol. The smallest absolute Gasteiger partial charge is 0.278 e. The van der Waals surface area contributed by atoms with E-state index >= 15 is 0 Å². The van der Waals surface area contributed by atoms with Crippen LogP contribution >= 0.6 is 11.6 Å². The van der Waals surface area contributed by atoms with Crippen LogP contribution in [0.15, 0.2) is 47.6 Å². The Labute approximate surface area is 130 Å². The van der Waals surface area contributed by atoms with Gasteiger partial charge in [-0.05, 0) is 24.3 Å². The summed E-state index contributed by atoms with van der Waals surface area (Å²) in [6, 6.07) is 9.95. The summed E-state index contributed by atoms with van der Waals surface area (Å²) in [5.41, 5.74) is 2.23. The number of nitrogens with zero attached hydrogens (tertiary/aromatic N) is 2. The summed E-state index contributed by atoms with van der Waals surface area (Å²) in [5.74, 6) is -0.933. The first-order valence-corrected chi connectivity index (χ1v) is 6.42. The van der Waals surface area contributed by atoms with Gasteiger partial charge < -0.3 is 5.11 Å². The van der Waals surface area contributed by atoms with Crippen molar-refractivity contribution in [1.82, 2.24) is 5.43 Å². The summed E-state index contributed by atoms with van der Waals surface area (Å²) >= 11 is 5.74. The number of aromatic hydroxyl groups is 1. The maximum atomic E-state index is 11.8. The number of carbonyl (C=O) groups excluding carboxylic acids is 1. The fourth-order valence-electron chi connectivity index (χ4n) is 1.67. The van der Waals surface area contributed by atoms with Gasteiger partial charge in [0.1, 0.15) is 5.75 Å². The summed E-state index contributed by atoms with van der Waals surface area (Å²) in [5, 5.41) is 24.3. The van der Waals surface area contributed by atoms with Crippen LogP contribution in [-0.2, 0) is 0 Å². The quantitative estimate of drug-likeness (QED) is 0.513. The van der Waals surface area contributed by atoms with Gasteiger partial charge in [0.15, 0.2) is 0 Å². The number of benzene rings is 2. The summed E-state index contributed by atoms with van der Waals surface area (Å²) in [7, 11) is 0. The largest absolute Gasteiger partial charge is 0.507 e. The highest BCUT2D eigenvalue weighted by Gasteiger charge is 2.12. The number of hydrazone groups is 1.